The zero-order valence-corrected chi connectivity index (χ0v) is 7.71. The van der Waals surface area contributed by atoms with E-state index in [0.29, 0.717) is 17.6 Å². The third-order valence-corrected chi connectivity index (χ3v) is 2.47. The van der Waals surface area contributed by atoms with Crippen molar-refractivity contribution in [2.24, 2.45) is 5.73 Å². The van der Waals surface area contributed by atoms with Crippen LogP contribution < -0.4 is 11.5 Å². The van der Waals surface area contributed by atoms with Gasteiger partial charge in [0.2, 0.25) is 0 Å². The zero-order valence-electron chi connectivity index (χ0n) is 6.90. The van der Waals surface area contributed by atoms with Gasteiger partial charge in [-0.3, -0.25) is 0 Å². The maximum atomic E-state index is 5.59. The van der Waals surface area contributed by atoms with E-state index in [1.165, 1.54) is 0 Å². The molecule has 0 aliphatic carbocycles. The summed E-state index contributed by atoms with van der Waals surface area (Å²) in [5.74, 6) is 0.475. The highest BCUT2D eigenvalue weighted by atomic mass is 32.2. The van der Waals surface area contributed by atoms with Crippen molar-refractivity contribution in [3.05, 3.63) is 12.4 Å². The van der Waals surface area contributed by atoms with Crippen LogP contribution in [0.25, 0.3) is 0 Å². The number of aromatic nitrogens is 2. The van der Waals surface area contributed by atoms with Gasteiger partial charge in [0.15, 0.2) is 5.82 Å². The van der Waals surface area contributed by atoms with E-state index in [1.807, 2.05) is 6.92 Å². The van der Waals surface area contributed by atoms with Crippen molar-refractivity contribution in [2.75, 3.05) is 12.3 Å². The summed E-state index contributed by atoms with van der Waals surface area (Å²) in [6, 6.07) is 0. The van der Waals surface area contributed by atoms with Crippen LogP contribution in [0.4, 0.5) is 5.82 Å². The lowest BCUT2D eigenvalue weighted by atomic mass is 10.5. The molecule has 0 aromatic carbocycles. The van der Waals surface area contributed by atoms with Crippen LogP contribution >= 0.6 is 11.8 Å². The molecule has 4 N–H and O–H groups in total. The van der Waals surface area contributed by atoms with E-state index in [9.17, 15) is 0 Å². The highest BCUT2D eigenvalue weighted by Crippen LogP contribution is 2.23. The van der Waals surface area contributed by atoms with Crippen molar-refractivity contribution in [3.63, 3.8) is 0 Å². The molecule has 0 spiro atoms. The summed E-state index contributed by atoms with van der Waals surface area (Å²) in [5, 5.41) is 1.08. The number of thioether (sulfide) groups is 1. The van der Waals surface area contributed by atoms with Gasteiger partial charge in [-0.1, -0.05) is 18.7 Å². The fourth-order valence-electron chi connectivity index (χ4n) is 0.665. The molecule has 0 amide bonds. The molecule has 1 unspecified atom stereocenters. The highest BCUT2D eigenvalue weighted by molar-refractivity contribution is 8.00. The standard InChI is InChI=1S/C7H12N4S/c1-5(4-8)12-7-6(9)10-2-3-11-7/h2-3,5H,4,8H2,1H3,(H2,9,10). The van der Waals surface area contributed by atoms with Crippen LogP contribution in [0.1, 0.15) is 6.92 Å². The quantitative estimate of drug-likeness (QED) is 0.669. The Kier molecular flexibility index (Phi) is 3.31. The molecule has 1 rings (SSSR count). The number of rotatable bonds is 3. The van der Waals surface area contributed by atoms with Crippen molar-refractivity contribution >= 4 is 17.6 Å². The van der Waals surface area contributed by atoms with Gasteiger partial charge in [-0.25, -0.2) is 9.97 Å². The van der Waals surface area contributed by atoms with Crippen LogP contribution in [0, 0.1) is 0 Å². The van der Waals surface area contributed by atoms with E-state index in [2.05, 4.69) is 9.97 Å². The van der Waals surface area contributed by atoms with Gasteiger partial charge in [-0.2, -0.15) is 0 Å². The first kappa shape index (κ1) is 9.28. The Morgan fingerprint density at radius 3 is 2.75 bits per heavy atom. The van der Waals surface area contributed by atoms with Crippen molar-refractivity contribution in [2.45, 2.75) is 17.2 Å². The molecule has 0 aliphatic heterocycles. The van der Waals surface area contributed by atoms with Gasteiger partial charge in [-0.15, -0.1) is 0 Å². The summed E-state index contributed by atoms with van der Waals surface area (Å²) >= 11 is 1.55. The molecule has 1 heterocycles. The van der Waals surface area contributed by atoms with Gasteiger partial charge in [0.05, 0.1) is 0 Å². The molecule has 4 nitrogen and oxygen atoms in total. The van der Waals surface area contributed by atoms with E-state index in [0.717, 1.165) is 5.03 Å². The largest absolute Gasteiger partial charge is 0.381 e. The Morgan fingerprint density at radius 2 is 2.17 bits per heavy atom. The van der Waals surface area contributed by atoms with Gasteiger partial charge in [0.25, 0.3) is 0 Å². The molecule has 1 aromatic heterocycles. The lowest BCUT2D eigenvalue weighted by Crippen LogP contribution is -2.13. The molecule has 0 saturated heterocycles. The Labute approximate surface area is 75.8 Å². The highest BCUT2D eigenvalue weighted by Gasteiger charge is 2.06. The van der Waals surface area contributed by atoms with Crippen LogP contribution in [0.2, 0.25) is 0 Å². The molecule has 0 aliphatic rings. The Bertz CT molecular complexity index is 253. The first-order valence-electron chi connectivity index (χ1n) is 3.67. The number of hydrogen-bond donors (Lipinski definition) is 2. The average Bonchev–Trinajstić information content (AvgIpc) is 2.09. The second kappa shape index (κ2) is 4.27. The summed E-state index contributed by atoms with van der Waals surface area (Å²) < 4.78 is 0. The fourth-order valence-corrected chi connectivity index (χ4v) is 1.44. The maximum absolute atomic E-state index is 5.59. The second-order valence-electron chi connectivity index (χ2n) is 2.41. The Balaban J connectivity index is 2.69. The molecule has 0 bridgehead atoms. The minimum Gasteiger partial charge on any atom is -0.381 e. The fraction of sp³-hybridized carbons (Fsp3) is 0.429. The lowest BCUT2D eigenvalue weighted by molar-refractivity contribution is 0.942. The maximum Gasteiger partial charge on any atom is 0.156 e. The lowest BCUT2D eigenvalue weighted by Gasteiger charge is -2.07. The van der Waals surface area contributed by atoms with Crippen molar-refractivity contribution in [1.82, 2.24) is 9.97 Å². The minimum absolute atomic E-state index is 0.323. The number of nitrogen functional groups attached to an aromatic ring is 1. The van der Waals surface area contributed by atoms with E-state index >= 15 is 0 Å². The molecule has 5 heteroatoms. The third kappa shape index (κ3) is 2.35. The first-order valence-corrected chi connectivity index (χ1v) is 4.55. The predicted octanol–water partition coefficient (Wildman–Crippen LogP) is 0.498. The second-order valence-corrected chi connectivity index (χ2v) is 3.84. The van der Waals surface area contributed by atoms with Crippen LogP contribution in [-0.4, -0.2) is 21.8 Å². The van der Waals surface area contributed by atoms with Crippen molar-refractivity contribution in [1.29, 1.82) is 0 Å². The smallest absolute Gasteiger partial charge is 0.156 e. The molecule has 12 heavy (non-hydrogen) atoms. The number of nitrogens with zero attached hydrogens (tertiary/aromatic N) is 2. The Morgan fingerprint density at radius 1 is 1.50 bits per heavy atom. The molecule has 0 radical (unpaired) electrons. The molecule has 1 atom stereocenters. The molecule has 66 valence electrons. The first-order chi connectivity index (χ1) is 5.74. The third-order valence-electron chi connectivity index (χ3n) is 1.34. The molecular formula is C7H12N4S. The van der Waals surface area contributed by atoms with Crippen LogP contribution in [0.5, 0.6) is 0 Å². The summed E-state index contributed by atoms with van der Waals surface area (Å²) in [6.07, 6.45) is 3.20. The number of nitrogens with two attached hydrogens (primary N) is 2. The summed E-state index contributed by atoms with van der Waals surface area (Å²) in [4.78, 5) is 8.01. The van der Waals surface area contributed by atoms with E-state index in [4.69, 9.17) is 11.5 Å². The summed E-state index contributed by atoms with van der Waals surface area (Å²) in [7, 11) is 0. The van der Waals surface area contributed by atoms with E-state index < -0.39 is 0 Å². The predicted molar refractivity (Wildman–Crippen MR) is 50.8 cm³/mol. The van der Waals surface area contributed by atoms with Crippen LogP contribution in [0.15, 0.2) is 17.4 Å². The summed E-state index contributed by atoms with van der Waals surface area (Å²) in [5.41, 5.74) is 11.0. The molecule has 1 aromatic rings. The van der Waals surface area contributed by atoms with Gasteiger partial charge in [0, 0.05) is 24.2 Å². The van der Waals surface area contributed by atoms with Crippen molar-refractivity contribution < 1.29 is 0 Å². The molecular weight excluding hydrogens is 172 g/mol. The van der Waals surface area contributed by atoms with E-state index in [1.54, 1.807) is 24.2 Å². The van der Waals surface area contributed by atoms with Gasteiger partial charge in [-0.05, 0) is 0 Å². The molecule has 0 fully saturated rings. The monoisotopic (exact) mass is 184 g/mol. The van der Waals surface area contributed by atoms with Crippen LogP contribution in [-0.2, 0) is 0 Å². The van der Waals surface area contributed by atoms with Gasteiger partial charge >= 0.3 is 0 Å². The number of anilines is 1. The summed E-state index contributed by atoms with van der Waals surface area (Å²) in [6.45, 7) is 2.64. The Hall–Kier alpha value is -0.810. The normalized spacial score (nSPS) is 12.8. The molecule has 0 saturated carbocycles. The SMILES string of the molecule is CC(CN)Sc1nccnc1N. The minimum atomic E-state index is 0.323. The average molecular weight is 184 g/mol. The van der Waals surface area contributed by atoms with Crippen LogP contribution in [0.3, 0.4) is 0 Å². The van der Waals surface area contributed by atoms with Gasteiger partial charge < -0.3 is 11.5 Å². The van der Waals surface area contributed by atoms with E-state index in [-0.39, 0.29) is 0 Å². The van der Waals surface area contributed by atoms with Gasteiger partial charge in [0.1, 0.15) is 5.03 Å². The van der Waals surface area contributed by atoms with Crippen molar-refractivity contribution in [3.8, 4) is 0 Å². The topological polar surface area (TPSA) is 77.8 Å². The number of hydrogen-bond acceptors (Lipinski definition) is 5. The zero-order chi connectivity index (χ0) is 8.97.